The number of carbonyl (C=O) groups is 1. The molecule has 10 nitrogen and oxygen atoms in total. The molecule has 3 N–H and O–H groups in total. The number of aryl methyl sites for hydroxylation is 1. The normalized spacial score (nSPS) is 10.2. The molecule has 0 bridgehead atoms. The molecule has 0 aromatic carbocycles. The van der Waals surface area contributed by atoms with Crippen molar-refractivity contribution in [2.75, 3.05) is 30.3 Å². The van der Waals surface area contributed by atoms with Gasteiger partial charge in [-0.15, -0.1) is 0 Å². The predicted molar refractivity (Wildman–Crippen MR) is 87.1 cm³/mol. The summed E-state index contributed by atoms with van der Waals surface area (Å²) in [6.45, 7) is 5.24. The highest BCUT2D eigenvalue weighted by Gasteiger charge is 2.16. The van der Waals surface area contributed by atoms with E-state index in [1.54, 1.807) is 13.0 Å². The lowest BCUT2D eigenvalue weighted by molar-refractivity contribution is -0.402. The van der Waals surface area contributed by atoms with Crippen molar-refractivity contribution >= 4 is 23.4 Å². The molecule has 0 saturated heterocycles. The fraction of sp³-hybridized carbons (Fsp3) is 0.357. The Morgan fingerprint density at radius 1 is 1.25 bits per heavy atom. The first kappa shape index (κ1) is 17.2. The van der Waals surface area contributed by atoms with Gasteiger partial charge in [0.25, 0.3) is 5.91 Å². The minimum absolute atomic E-state index is 0.103. The van der Waals surface area contributed by atoms with Crippen LogP contribution in [0.1, 0.15) is 23.3 Å². The fourth-order valence-electron chi connectivity index (χ4n) is 1.93. The van der Waals surface area contributed by atoms with Gasteiger partial charge in [0.05, 0.1) is 6.07 Å². The maximum absolute atomic E-state index is 11.8. The molecule has 2 heterocycles. The van der Waals surface area contributed by atoms with Gasteiger partial charge in [-0.25, -0.2) is 9.97 Å². The van der Waals surface area contributed by atoms with E-state index in [0.717, 1.165) is 18.4 Å². The van der Waals surface area contributed by atoms with Gasteiger partial charge in [-0.2, -0.15) is 0 Å². The van der Waals surface area contributed by atoms with Gasteiger partial charge in [-0.05, 0) is 19.9 Å². The Hall–Kier alpha value is -3.17. The van der Waals surface area contributed by atoms with E-state index in [4.69, 9.17) is 4.42 Å². The molecule has 0 radical (unpaired) electrons. The van der Waals surface area contributed by atoms with Crippen LogP contribution in [0.5, 0.6) is 0 Å². The number of nitrogens with one attached hydrogen (secondary N) is 3. The summed E-state index contributed by atoms with van der Waals surface area (Å²) in [5, 5.41) is 19.3. The van der Waals surface area contributed by atoms with Crippen molar-refractivity contribution < 1.29 is 14.1 Å². The zero-order valence-electron chi connectivity index (χ0n) is 13.3. The Morgan fingerprint density at radius 2 is 1.96 bits per heavy atom. The van der Waals surface area contributed by atoms with E-state index in [9.17, 15) is 14.9 Å². The van der Waals surface area contributed by atoms with Crippen LogP contribution in [0.15, 0.2) is 22.6 Å². The standard InChI is InChI=1S/C14H18N6O4/c1-3-15-11-8-12(19-9(2)18-11)16-6-7-17-14(21)10-4-5-13(24-10)20(22)23/h4-5,8H,3,6-7H2,1-2H3,(H,17,21)(H2,15,16,18,19). The minimum Gasteiger partial charge on any atom is -0.395 e. The molecule has 2 aromatic rings. The first-order valence-corrected chi connectivity index (χ1v) is 7.35. The van der Waals surface area contributed by atoms with Crippen LogP contribution in [-0.4, -0.2) is 40.4 Å². The van der Waals surface area contributed by atoms with E-state index in [2.05, 4.69) is 25.9 Å². The molecule has 0 atom stereocenters. The molecule has 0 saturated carbocycles. The summed E-state index contributed by atoms with van der Waals surface area (Å²) in [6.07, 6.45) is 0. The molecule has 2 aromatic heterocycles. The highest BCUT2D eigenvalue weighted by atomic mass is 16.6. The van der Waals surface area contributed by atoms with E-state index in [-0.39, 0.29) is 5.76 Å². The van der Waals surface area contributed by atoms with Crippen molar-refractivity contribution in [3.05, 3.63) is 39.9 Å². The van der Waals surface area contributed by atoms with Gasteiger partial charge < -0.3 is 20.4 Å². The van der Waals surface area contributed by atoms with Crippen LogP contribution in [0.4, 0.5) is 17.5 Å². The summed E-state index contributed by atoms with van der Waals surface area (Å²) < 4.78 is 4.82. The predicted octanol–water partition coefficient (Wildman–Crippen LogP) is 1.56. The van der Waals surface area contributed by atoms with E-state index in [1.165, 1.54) is 6.07 Å². The summed E-state index contributed by atoms with van der Waals surface area (Å²) in [7, 11) is 0. The lowest BCUT2D eigenvalue weighted by atomic mass is 10.4. The Labute approximate surface area is 137 Å². The van der Waals surface area contributed by atoms with Crippen LogP contribution in [0.3, 0.4) is 0 Å². The number of nitrogens with zero attached hydrogens (tertiary/aromatic N) is 3. The Morgan fingerprint density at radius 3 is 2.58 bits per heavy atom. The minimum atomic E-state index is -0.697. The molecule has 0 aliphatic rings. The lowest BCUT2D eigenvalue weighted by Crippen LogP contribution is -2.28. The number of hydrogen-bond acceptors (Lipinski definition) is 8. The van der Waals surface area contributed by atoms with Crippen molar-refractivity contribution in [1.29, 1.82) is 0 Å². The summed E-state index contributed by atoms with van der Waals surface area (Å²) in [6, 6.07) is 4.17. The molecule has 0 spiro atoms. The molecule has 0 aliphatic heterocycles. The van der Waals surface area contributed by atoms with Crippen LogP contribution in [0.25, 0.3) is 0 Å². The average Bonchev–Trinajstić information content (AvgIpc) is 3.01. The molecule has 0 unspecified atom stereocenters. The number of carbonyl (C=O) groups excluding carboxylic acids is 1. The van der Waals surface area contributed by atoms with Crippen LogP contribution < -0.4 is 16.0 Å². The first-order chi connectivity index (χ1) is 11.5. The number of rotatable bonds is 8. The lowest BCUT2D eigenvalue weighted by Gasteiger charge is -2.09. The third-order valence-corrected chi connectivity index (χ3v) is 2.91. The topological polar surface area (TPSA) is 135 Å². The number of anilines is 2. The Bertz CT molecular complexity index is 730. The third kappa shape index (κ3) is 4.66. The van der Waals surface area contributed by atoms with E-state index in [0.29, 0.717) is 24.7 Å². The summed E-state index contributed by atoms with van der Waals surface area (Å²) in [5.41, 5.74) is 0. The van der Waals surface area contributed by atoms with Gasteiger partial charge >= 0.3 is 5.88 Å². The molecular formula is C14H18N6O4. The van der Waals surface area contributed by atoms with Crippen molar-refractivity contribution in [2.45, 2.75) is 13.8 Å². The highest BCUT2D eigenvalue weighted by Crippen LogP contribution is 2.15. The van der Waals surface area contributed by atoms with Gasteiger partial charge in [0.2, 0.25) is 0 Å². The average molecular weight is 334 g/mol. The fourth-order valence-corrected chi connectivity index (χ4v) is 1.93. The van der Waals surface area contributed by atoms with Gasteiger partial charge in [-0.3, -0.25) is 14.9 Å². The van der Waals surface area contributed by atoms with E-state index in [1.807, 2.05) is 6.92 Å². The molecule has 0 fully saturated rings. The molecule has 0 aliphatic carbocycles. The largest absolute Gasteiger partial charge is 0.433 e. The smallest absolute Gasteiger partial charge is 0.395 e. The van der Waals surface area contributed by atoms with Gasteiger partial charge in [-0.1, -0.05) is 0 Å². The van der Waals surface area contributed by atoms with Crippen LogP contribution >= 0.6 is 0 Å². The van der Waals surface area contributed by atoms with Crippen LogP contribution in [0.2, 0.25) is 0 Å². The third-order valence-electron chi connectivity index (χ3n) is 2.91. The first-order valence-electron chi connectivity index (χ1n) is 7.35. The molecule has 128 valence electrons. The zero-order valence-corrected chi connectivity index (χ0v) is 13.3. The van der Waals surface area contributed by atoms with Crippen molar-refractivity contribution in [3.8, 4) is 0 Å². The summed E-state index contributed by atoms with van der Waals surface area (Å²) in [5.74, 6) is 0.903. The second-order valence-corrected chi connectivity index (χ2v) is 4.79. The Kier molecular flexibility index (Phi) is 5.66. The van der Waals surface area contributed by atoms with E-state index < -0.39 is 16.7 Å². The SMILES string of the molecule is CCNc1cc(NCCNC(=O)c2ccc([N+](=O)[O-])o2)nc(C)n1. The number of hydrogen-bond donors (Lipinski definition) is 3. The highest BCUT2D eigenvalue weighted by molar-refractivity contribution is 5.91. The quantitative estimate of drug-likeness (QED) is 0.376. The maximum Gasteiger partial charge on any atom is 0.433 e. The monoisotopic (exact) mass is 334 g/mol. The number of amides is 1. The van der Waals surface area contributed by atoms with Crippen LogP contribution in [0, 0.1) is 17.0 Å². The zero-order chi connectivity index (χ0) is 17.5. The molecule has 2 rings (SSSR count). The second kappa shape index (κ2) is 7.90. The van der Waals surface area contributed by atoms with Gasteiger partial charge in [0.1, 0.15) is 22.4 Å². The molecule has 10 heteroatoms. The summed E-state index contributed by atoms with van der Waals surface area (Å²) in [4.78, 5) is 30.1. The van der Waals surface area contributed by atoms with Crippen molar-refractivity contribution in [3.63, 3.8) is 0 Å². The number of nitro groups is 1. The second-order valence-electron chi connectivity index (χ2n) is 4.79. The van der Waals surface area contributed by atoms with Crippen molar-refractivity contribution in [2.24, 2.45) is 0 Å². The maximum atomic E-state index is 11.8. The van der Waals surface area contributed by atoms with Crippen molar-refractivity contribution in [1.82, 2.24) is 15.3 Å². The molecular weight excluding hydrogens is 316 g/mol. The molecule has 1 amide bonds. The Balaban J connectivity index is 1.82. The summed E-state index contributed by atoms with van der Waals surface area (Å²) >= 11 is 0. The number of aromatic nitrogens is 2. The van der Waals surface area contributed by atoms with Gasteiger partial charge in [0.15, 0.2) is 5.76 Å². The van der Waals surface area contributed by atoms with Crippen LogP contribution in [-0.2, 0) is 0 Å². The number of furan rings is 1. The van der Waals surface area contributed by atoms with Gasteiger partial charge in [0, 0.05) is 25.7 Å². The molecule has 24 heavy (non-hydrogen) atoms. The van der Waals surface area contributed by atoms with E-state index >= 15 is 0 Å².